The Morgan fingerprint density at radius 2 is 1.91 bits per heavy atom. The third kappa shape index (κ3) is 4.37. The van der Waals surface area contributed by atoms with Crippen LogP contribution in [0.25, 0.3) is 11.6 Å². The number of anilines is 1. The number of amides is 1. The monoisotopic (exact) mass is 465 g/mol. The quantitative estimate of drug-likeness (QED) is 0.499. The van der Waals surface area contributed by atoms with Crippen LogP contribution in [0.2, 0.25) is 5.02 Å². The van der Waals surface area contributed by atoms with E-state index in [9.17, 15) is 4.79 Å². The SMILES string of the molecule is CC1=CC(C)(C)N(C(C)C)c2ccc(/C=C3\SC(=Nc4cc(Cl)ccc4C)NC3=O)cc21. The van der Waals surface area contributed by atoms with Crippen molar-refractivity contribution in [2.45, 2.75) is 53.1 Å². The third-order valence-electron chi connectivity index (χ3n) is 5.75. The summed E-state index contributed by atoms with van der Waals surface area (Å²) in [5, 5.41) is 4.05. The predicted octanol–water partition coefficient (Wildman–Crippen LogP) is 6.95. The first-order valence-corrected chi connectivity index (χ1v) is 11.9. The molecule has 1 N–H and O–H groups in total. The molecule has 2 aliphatic rings. The lowest BCUT2D eigenvalue weighted by Crippen LogP contribution is -2.49. The fraction of sp³-hybridized carbons (Fsp3) is 0.308. The van der Waals surface area contributed by atoms with Crippen LogP contribution in [0.4, 0.5) is 11.4 Å². The van der Waals surface area contributed by atoms with Gasteiger partial charge in [0.1, 0.15) is 0 Å². The summed E-state index contributed by atoms with van der Waals surface area (Å²) >= 11 is 7.45. The lowest BCUT2D eigenvalue weighted by molar-refractivity contribution is -0.115. The van der Waals surface area contributed by atoms with Gasteiger partial charge in [-0.2, -0.15) is 0 Å². The molecule has 0 atom stereocenters. The number of benzene rings is 2. The molecular formula is C26H28ClN3OS. The zero-order valence-corrected chi connectivity index (χ0v) is 20.9. The highest BCUT2D eigenvalue weighted by atomic mass is 35.5. The fourth-order valence-corrected chi connectivity index (χ4v) is 5.55. The number of carbonyl (C=O) groups is 1. The summed E-state index contributed by atoms with van der Waals surface area (Å²) in [6.07, 6.45) is 4.25. The molecule has 0 saturated carbocycles. The van der Waals surface area contributed by atoms with Crippen molar-refractivity contribution < 1.29 is 4.79 Å². The first-order valence-electron chi connectivity index (χ1n) is 10.7. The topological polar surface area (TPSA) is 44.7 Å². The van der Waals surface area contributed by atoms with Gasteiger partial charge < -0.3 is 10.2 Å². The van der Waals surface area contributed by atoms with Crippen LogP contribution in [0.1, 0.15) is 51.3 Å². The highest BCUT2D eigenvalue weighted by molar-refractivity contribution is 8.18. The molecule has 6 heteroatoms. The Labute approximate surface area is 199 Å². The van der Waals surface area contributed by atoms with E-state index in [0.717, 1.165) is 16.8 Å². The Hall–Kier alpha value is -2.50. The van der Waals surface area contributed by atoms with Crippen molar-refractivity contribution in [2.24, 2.45) is 4.99 Å². The van der Waals surface area contributed by atoms with Gasteiger partial charge >= 0.3 is 0 Å². The Morgan fingerprint density at radius 3 is 2.62 bits per heavy atom. The molecule has 1 saturated heterocycles. The summed E-state index contributed by atoms with van der Waals surface area (Å²) in [6, 6.07) is 12.4. The van der Waals surface area contributed by atoms with Gasteiger partial charge in [-0.25, -0.2) is 4.99 Å². The number of allylic oxidation sites excluding steroid dienone is 1. The number of carbonyl (C=O) groups excluding carboxylic acids is 1. The van der Waals surface area contributed by atoms with E-state index in [1.54, 1.807) is 6.07 Å². The Balaban J connectivity index is 1.65. The number of nitrogens with one attached hydrogen (secondary N) is 1. The number of halogens is 1. The van der Waals surface area contributed by atoms with Gasteiger partial charge in [-0.1, -0.05) is 29.8 Å². The average Bonchev–Trinajstić information content (AvgIpc) is 3.03. The van der Waals surface area contributed by atoms with Crippen molar-refractivity contribution in [2.75, 3.05) is 4.90 Å². The molecule has 0 aromatic heterocycles. The van der Waals surface area contributed by atoms with Crippen LogP contribution < -0.4 is 10.2 Å². The smallest absolute Gasteiger partial charge is 0.264 e. The summed E-state index contributed by atoms with van der Waals surface area (Å²) in [6.45, 7) is 13.1. The minimum atomic E-state index is -0.136. The second kappa shape index (κ2) is 8.45. The number of rotatable bonds is 3. The van der Waals surface area contributed by atoms with Crippen LogP contribution in [-0.4, -0.2) is 22.7 Å². The molecule has 0 bridgehead atoms. The van der Waals surface area contributed by atoms with E-state index in [2.05, 4.69) is 74.1 Å². The maximum Gasteiger partial charge on any atom is 0.264 e. The van der Waals surface area contributed by atoms with Gasteiger partial charge in [-0.15, -0.1) is 0 Å². The molecule has 4 nitrogen and oxygen atoms in total. The van der Waals surface area contributed by atoms with E-state index >= 15 is 0 Å². The fourth-order valence-electron chi connectivity index (χ4n) is 4.54. The van der Waals surface area contributed by atoms with E-state index in [0.29, 0.717) is 21.1 Å². The summed E-state index contributed by atoms with van der Waals surface area (Å²) in [4.78, 5) is 20.3. The normalized spacial score (nSPS) is 20.1. The maximum absolute atomic E-state index is 12.6. The second-order valence-corrected chi connectivity index (χ2v) is 10.6. The molecule has 0 spiro atoms. The van der Waals surface area contributed by atoms with Crippen LogP contribution in [0, 0.1) is 6.92 Å². The number of nitrogens with zero attached hydrogens (tertiary/aromatic N) is 2. The number of fused-ring (bicyclic) bond motifs is 1. The average molecular weight is 466 g/mol. The molecule has 0 aliphatic carbocycles. The lowest BCUT2D eigenvalue weighted by Gasteiger charge is -2.46. The molecule has 2 heterocycles. The first-order chi connectivity index (χ1) is 15.0. The predicted molar refractivity (Wildman–Crippen MR) is 139 cm³/mol. The van der Waals surface area contributed by atoms with Crippen molar-refractivity contribution in [3.05, 3.63) is 69.1 Å². The van der Waals surface area contributed by atoms with Gasteiger partial charge in [-0.3, -0.25) is 4.79 Å². The number of hydrogen-bond acceptors (Lipinski definition) is 4. The molecule has 2 aromatic carbocycles. The molecule has 32 heavy (non-hydrogen) atoms. The molecule has 0 unspecified atom stereocenters. The van der Waals surface area contributed by atoms with Gasteiger partial charge in [0.2, 0.25) is 0 Å². The second-order valence-electron chi connectivity index (χ2n) is 9.13. The van der Waals surface area contributed by atoms with Crippen molar-refractivity contribution in [3.63, 3.8) is 0 Å². The number of amidine groups is 1. The molecule has 4 rings (SSSR count). The zero-order valence-electron chi connectivity index (χ0n) is 19.3. The molecule has 2 aromatic rings. The molecule has 2 aliphatic heterocycles. The van der Waals surface area contributed by atoms with Gasteiger partial charge in [0.15, 0.2) is 5.17 Å². The van der Waals surface area contributed by atoms with Crippen molar-refractivity contribution in [1.29, 1.82) is 0 Å². The Morgan fingerprint density at radius 1 is 1.16 bits per heavy atom. The van der Waals surface area contributed by atoms with Gasteiger partial charge in [0.05, 0.1) is 16.1 Å². The highest BCUT2D eigenvalue weighted by Crippen LogP contribution is 2.41. The standard InChI is InChI=1S/C26H28ClN3OS/c1-15(2)30-22-10-8-18(11-20(22)17(4)14-26(30,5)6)12-23-24(31)29-25(32-23)28-21-13-19(27)9-7-16(21)3/h7-15H,1-6H3,(H,28,29,31)/b23-12-. The van der Waals surface area contributed by atoms with Crippen molar-refractivity contribution >= 4 is 57.5 Å². The summed E-state index contributed by atoms with van der Waals surface area (Å²) in [5.41, 5.74) is 6.41. The minimum Gasteiger partial charge on any atom is -0.360 e. The van der Waals surface area contributed by atoms with E-state index in [1.165, 1.54) is 28.6 Å². The Bertz CT molecular complexity index is 1190. The maximum atomic E-state index is 12.6. The van der Waals surface area contributed by atoms with E-state index < -0.39 is 0 Å². The van der Waals surface area contributed by atoms with Crippen LogP contribution in [-0.2, 0) is 4.79 Å². The number of hydrogen-bond donors (Lipinski definition) is 1. The lowest BCUT2D eigenvalue weighted by atomic mass is 9.87. The number of aryl methyl sites for hydroxylation is 1. The van der Waals surface area contributed by atoms with Crippen LogP contribution >= 0.6 is 23.4 Å². The largest absolute Gasteiger partial charge is 0.360 e. The summed E-state index contributed by atoms with van der Waals surface area (Å²) in [5.74, 6) is -0.136. The Kier molecular flexibility index (Phi) is 5.99. The van der Waals surface area contributed by atoms with Crippen LogP contribution in [0.3, 0.4) is 0 Å². The van der Waals surface area contributed by atoms with Gasteiger partial charge in [0, 0.05) is 22.3 Å². The summed E-state index contributed by atoms with van der Waals surface area (Å²) < 4.78 is 0. The minimum absolute atomic E-state index is 0.0454. The number of aliphatic imine (C=N–C) groups is 1. The molecule has 1 amide bonds. The zero-order chi connectivity index (χ0) is 23.2. The summed E-state index contributed by atoms with van der Waals surface area (Å²) in [7, 11) is 0. The third-order valence-corrected chi connectivity index (χ3v) is 6.90. The van der Waals surface area contributed by atoms with Gasteiger partial charge in [-0.05, 0) is 100 Å². The highest BCUT2D eigenvalue weighted by Gasteiger charge is 2.33. The molecular weight excluding hydrogens is 438 g/mol. The van der Waals surface area contributed by atoms with Crippen molar-refractivity contribution in [1.82, 2.24) is 5.32 Å². The van der Waals surface area contributed by atoms with E-state index in [4.69, 9.17) is 11.6 Å². The van der Waals surface area contributed by atoms with E-state index in [1.807, 2.05) is 25.1 Å². The van der Waals surface area contributed by atoms with Crippen molar-refractivity contribution in [3.8, 4) is 0 Å². The first kappa shape index (κ1) is 22.7. The van der Waals surface area contributed by atoms with Crippen LogP contribution in [0.5, 0.6) is 0 Å². The van der Waals surface area contributed by atoms with Gasteiger partial charge in [0.25, 0.3) is 5.91 Å². The van der Waals surface area contributed by atoms with Crippen LogP contribution in [0.15, 0.2) is 52.4 Å². The number of thioether (sulfide) groups is 1. The molecule has 166 valence electrons. The van der Waals surface area contributed by atoms with E-state index in [-0.39, 0.29) is 11.4 Å². The molecule has 1 fully saturated rings. The molecule has 0 radical (unpaired) electrons.